The molecule has 0 saturated heterocycles. The third kappa shape index (κ3) is 2.49. The zero-order valence-electron chi connectivity index (χ0n) is 9.19. The van der Waals surface area contributed by atoms with Crippen molar-refractivity contribution in [1.82, 2.24) is 5.32 Å². The summed E-state index contributed by atoms with van der Waals surface area (Å²) in [7, 11) is 0. The maximum atomic E-state index is 12.6. The first kappa shape index (κ1) is 12.9. The highest BCUT2D eigenvalue weighted by Gasteiger charge is 2.52. The number of carbonyl (C=O) groups excluding carboxylic acids is 1. The fourth-order valence-corrected chi connectivity index (χ4v) is 1.47. The van der Waals surface area contributed by atoms with Gasteiger partial charge in [0.1, 0.15) is 11.5 Å². The minimum atomic E-state index is -4.44. The van der Waals surface area contributed by atoms with Gasteiger partial charge >= 0.3 is 6.18 Å². The molecular formula is C11H14F3NO. The molecule has 1 N–H and O–H groups in total. The molecule has 0 aromatic heterocycles. The summed E-state index contributed by atoms with van der Waals surface area (Å²) in [6, 6.07) is -1.83. The van der Waals surface area contributed by atoms with Gasteiger partial charge in [0.25, 0.3) is 0 Å². The molecule has 0 radical (unpaired) electrons. The molecule has 16 heavy (non-hydrogen) atoms. The average molecular weight is 233 g/mol. The minimum Gasteiger partial charge on any atom is -0.343 e. The van der Waals surface area contributed by atoms with Crippen molar-refractivity contribution in [3.05, 3.63) is 0 Å². The summed E-state index contributed by atoms with van der Waals surface area (Å²) in [6.45, 7) is 2.82. The van der Waals surface area contributed by atoms with Gasteiger partial charge in [0, 0.05) is 0 Å². The monoisotopic (exact) mass is 233 g/mol. The molecule has 1 amide bonds. The molecule has 1 fully saturated rings. The highest BCUT2D eigenvalue weighted by atomic mass is 19.4. The maximum Gasteiger partial charge on any atom is 0.408 e. The van der Waals surface area contributed by atoms with Crippen molar-refractivity contribution in [3.63, 3.8) is 0 Å². The number of nitrogens with one attached hydrogen (secondary N) is 1. The number of halogens is 3. The lowest BCUT2D eigenvalue weighted by Gasteiger charge is -2.26. The second kappa shape index (κ2) is 4.00. The molecule has 0 bridgehead atoms. The Morgan fingerprint density at radius 2 is 1.94 bits per heavy atom. The van der Waals surface area contributed by atoms with Crippen LogP contribution < -0.4 is 5.32 Å². The van der Waals surface area contributed by atoms with Gasteiger partial charge in [-0.3, -0.25) is 4.79 Å². The van der Waals surface area contributed by atoms with Crippen molar-refractivity contribution < 1.29 is 18.0 Å². The van der Waals surface area contributed by atoms with Crippen molar-refractivity contribution in [3.8, 4) is 12.3 Å². The van der Waals surface area contributed by atoms with Gasteiger partial charge in [-0.05, 0) is 18.8 Å². The number of carbonyl (C=O) groups is 1. The SMILES string of the molecule is C#CC1(C(=O)N[C@@H](C(C)C)C(F)(F)F)CC1. The Kier molecular flexibility index (Phi) is 3.22. The molecule has 1 atom stereocenters. The molecule has 0 aromatic carbocycles. The summed E-state index contributed by atoms with van der Waals surface area (Å²) in [6.07, 6.45) is 1.64. The lowest BCUT2D eigenvalue weighted by Crippen LogP contribution is -2.50. The van der Waals surface area contributed by atoms with Crippen LogP contribution in [0, 0.1) is 23.7 Å². The molecule has 0 aromatic rings. The largest absolute Gasteiger partial charge is 0.408 e. The van der Waals surface area contributed by atoms with Crippen LogP contribution in [0.25, 0.3) is 0 Å². The molecule has 1 saturated carbocycles. The van der Waals surface area contributed by atoms with Crippen molar-refractivity contribution in [1.29, 1.82) is 0 Å². The Morgan fingerprint density at radius 1 is 1.44 bits per heavy atom. The van der Waals surface area contributed by atoms with Gasteiger partial charge in [0.05, 0.1) is 0 Å². The number of hydrogen-bond acceptors (Lipinski definition) is 1. The number of amides is 1. The first-order valence-electron chi connectivity index (χ1n) is 5.08. The van der Waals surface area contributed by atoms with Gasteiger partial charge < -0.3 is 5.32 Å². The number of rotatable bonds is 3. The Labute approximate surface area is 92.6 Å². The molecule has 0 aliphatic heterocycles. The first-order chi connectivity index (χ1) is 7.23. The van der Waals surface area contributed by atoms with E-state index in [1.165, 1.54) is 13.8 Å². The molecule has 1 aliphatic rings. The molecular weight excluding hydrogens is 219 g/mol. The predicted octanol–water partition coefficient (Wildman–Crippen LogP) is 2.10. The van der Waals surface area contributed by atoms with Crippen LogP contribution in [0.1, 0.15) is 26.7 Å². The zero-order chi connectivity index (χ0) is 12.6. The van der Waals surface area contributed by atoms with E-state index in [0.717, 1.165) is 0 Å². The van der Waals surface area contributed by atoms with Crippen LogP contribution in [0.3, 0.4) is 0 Å². The van der Waals surface area contributed by atoms with Crippen molar-refractivity contribution in [2.24, 2.45) is 11.3 Å². The van der Waals surface area contributed by atoms with Crippen LogP contribution in [0.4, 0.5) is 13.2 Å². The van der Waals surface area contributed by atoms with Crippen molar-refractivity contribution in [2.45, 2.75) is 38.9 Å². The summed E-state index contributed by atoms with van der Waals surface area (Å²) in [4.78, 5) is 11.6. The highest BCUT2D eigenvalue weighted by Crippen LogP contribution is 2.45. The molecule has 2 nitrogen and oxygen atoms in total. The Hall–Kier alpha value is -1.18. The van der Waals surface area contributed by atoms with Crippen LogP contribution in [0.2, 0.25) is 0 Å². The quantitative estimate of drug-likeness (QED) is 0.743. The van der Waals surface area contributed by atoms with E-state index >= 15 is 0 Å². The van der Waals surface area contributed by atoms with Gasteiger partial charge in [-0.1, -0.05) is 19.8 Å². The lowest BCUT2D eigenvalue weighted by molar-refractivity contribution is -0.170. The van der Waals surface area contributed by atoms with E-state index in [2.05, 4.69) is 5.92 Å². The van der Waals surface area contributed by atoms with E-state index in [1.807, 2.05) is 5.32 Å². The van der Waals surface area contributed by atoms with Gasteiger partial charge in [0.2, 0.25) is 5.91 Å². The van der Waals surface area contributed by atoms with Crippen LogP contribution in [-0.2, 0) is 4.79 Å². The number of alkyl halides is 3. The van der Waals surface area contributed by atoms with E-state index in [-0.39, 0.29) is 0 Å². The fraction of sp³-hybridized carbons (Fsp3) is 0.727. The highest BCUT2D eigenvalue weighted by molar-refractivity contribution is 5.88. The van der Waals surface area contributed by atoms with Gasteiger partial charge in [-0.2, -0.15) is 13.2 Å². The second-order valence-electron chi connectivity index (χ2n) is 4.46. The molecule has 90 valence electrons. The minimum absolute atomic E-state index is 0.470. The Balaban J connectivity index is 2.71. The van der Waals surface area contributed by atoms with Crippen LogP contribution in [0.15, 0.2) is 0 Å². The second-order valence-corrected chi connectivity index (χ2v) is 4.46. The van der Waals surface area contributed by atoms with Gasteiger partial charge in [-0.15, -0.1) is 6.42 Å². The molecule has 1 rings (SSSR count). The normalized spacial score (nSPS) is 20.1. The van der Waals surface area contributed by atoms with Gasteiger partial charge in [-0.25, -0.2) is 0 Å². The van der Waals surface area contributed by atoms with Gasteiger partial charge in [0.15, 0.2) is 0 Å². The third-order valence-electron chi connectivity index (χ3n) is 2.77. The third-order valence-corrected chi connectivity index (χ3v) is 2.77. The fourth-order valence-electron chi connectivity index (χ4n) is 1.47. The molecule has 1 aliphatic carbocycles. The zero-order valence-corrected chi connectivity index (χ0v) is 9.19. The first-order valence-corrected chi connectivity index (χ1v) is 5.08. The van der Waals surface area contributed by atoms with Crippen LogP contribution in [-0.4, -0.2) is 18.1 Å². The van der Waals surface area contributed by atoms with E-state index in [9.17, 15) is 18.0 Å². The average Bonchev–Trinajstić information content (AvgIpc) is 2.91. The Bertz CT molecular complexity index is 323. The number of hydrogen-bond donors (Lipinski definition) is 1. The maximum absolute atomic E-state index is 12.6. The molecule has 5 heteroatoms. The van der Waals surface area contributed by atoms with Crippen LogP contribution in [0.5, 0.6) is 0 Å². The molecule has 0 heterocycles. The smallest absolute Gasteiger partial charge is 0.343 e. The molecule has 0 spiro atoms. The summed E-state index contributed by atoms with van der Waals surface area (Å²) in [5.74, 6) is 0.883. The molecule has 0 unspecified atom stereocenters. The Morgan fingerprint density at radius 3 is 2.19 bits per heavy atom. The van der Waals surface area contributed by atoms with Crippen LogP contribution >= 0.6 is 0 Å². The van der Waals surface area contributed by atoms with Crippen molar-refractivity contribution in [2.75, 3.05) is 0 Å². The predicted molar refractivity (Wildman–Crippen MR) is 53.3 cm³/mol. The number of terminal acetylenes is 1. The summed E-state index contributed by atoms with van der Waals surface area (Å²) in [5.41, 5.74) is -0.988. The van der Waals surface area contributed by atoms with Crippen molar-refractivity contribution >= 4 is 5.91 Å². The summed E-state index contributed by atoms with van der Waals surface area (Å²) < 4.78 is 37.7. The summed E-state index contributed by atoms with van der Waals surface area (Å²) >= 11 is 0. The lowest BCUT2D eigenvalue weighted by atomic mass is 10.0. The van der Waals surface area contributed by atoms with E-state index in [1.54, 1.807) is 0 Å². The van der Waals surface area contributed by atoms with E-state index in [0.29, 0.717) is 12.8 Å². The van der Waals surface area contributed by atoms with E-state index < -0.39 is 29.5 Å². The standard InChI is InChI=1S/C11H14F3NO/c1-4-10(5-6-10)9(16)15-8(7(2)3)11(12,13)14/h1,7-8H,5-6H2,2-3H3,(H,15,16)/t8-/m0/s1. The topological polar surface area (TPSA) is 29.1 Å². The van der Waals surface area contributed by atoms with E-state index in [4.69, 9.17) is 6.42 Å². The summed E-state index contributed by atoms with van der Waals surface area (Å²) in [5, 5.41) is 2.00.